The van der Waals surface area contributed by atoms with Crippen molar-refractivity contribution in [3.8, 4) is 0 Å². The molecule has 2 unspecified atom stereocenters. The molecule has 2 aromatic carbocycles. The number of likely N-dealkylation sites (tertiary alicyclic amines) is 1. The summed E-state index contributed by atoms with van der Waals surface area (Å²) in [7, 11) is 0. The van der Waals surface area contributed by atoms with E-state index in [0.717, 1.165) is 24.5 Å². The van der Waals surface area contributed by atoms with E-state index in [2.05, 4.69) is 0 Å². The van der Waals surface area contributed by atoms with Crippen LogP contribution < -0.4 is 0 Å². The normalized spacial score (nSPS) is 19.6. The molecule has 0 spiro atoms. The predicted molar refractivity (Wildman–Crippen MR) is 96.4 cm³/mol. The van der Waals surface area contributed by atoms with Crippen LogP contribution in [0.25, 0.3) is 0 Å². The number of rotatable bonds is 4. The van der Waals surface area contributed by atoms with Crippen LogP contribution in [0.15, 0.2) is 48.5 Å². The number of carboxylic acid groups (broad SMARTS) is 1. The third-order valence-corrected chi connectivity index (χ3v) is 5.20. The van der Waals surface area contributed by atoms with Gasteiger partial charge in [-0.1, -0.05) is 48.9 Å². The molecule has 6 heteroatoms. The van der Waals surface area contributed by atoms with Gasteiger partial charge in [0.25, 0.3) is 0 Å². The average Bonchev–Trinajstić information content (AvgIpc) is 2.63. The number of carbonyl (C=O) groups is 1. The first-order chi connectivity index (χ1) is 12.8. The first-order valence-electron chi connectivity index (χ1n) is 9.01. The standard InChI is InChI=1S/C21H22F3NO2/c1-14-8-2-3-9-15(14)19(25-13-7-6-12-18(25)20(26)27)16-10-4-5-11-17(16)21(22,23)24/h2-5,8-11,18-19H,6-7,12-13H2,1H3,(H,26,27). The van der Waals surface area contributed by atoms with Gasteiger partial charge in [0, 0.05) is 0 Å². The molecule has 3 rings (SSSR count). The molecule has 0 aromatic heterocycles. The molecule has 2 aromatic rings. The zero-order chi connectivity index (χ0) is 19.6. The van der Waals surface area contributed by atoms with Gasteiger partial charge in [0.1, 0.15) is 6.04 Å². The molecule has 1 N–H and O–H groups in total. The van der Waals surface area contributed by atoms with Crippen molar-refractivity contribution in [3.05, 3.63) is 70.8 Å². The maximum absolute atomic E-state index is 13.7. The summed E-state index contributed by atoms with van der Waals surface area (Å²) in [6, 6.07) is 11.2. The number of benzene rings is 2. The van der Waals surface area contributed by atoms with E-state index < -0.39 is 29.8 Å². The highest BCUT2D eigenvalue weighted by molar-refractivity contribution is 5.73. The molecule has 2 atom stereocenters. The minimum Gasteiger partial charge on any atom is -0.480 e. The van der Waals surface area contributed by atoms with Crippen LogP contribution in [0.5, 0.6) is 0 Å². The second-order valence-corrected chi connectivity index (χ2v) is 6.93. The summed E-state index contributed by atoms with van der Waals surface area (Å²) in [6.45, 7) is 2.29. The fourth-order valence-electron chi connectivity index (χ4n) is 3.94. The van der Waals surface area contributed by atoms with Crippen molar-refractivity contribution in [1.29, 1.82) is 0 Å². The molecule has 144 valence electrons. The van der Waals surface area contributed by atoms with Gasteiger partial charge < -0.3 is 5.11 Å². The van der Waals surface area contributed by atoms with E-state index >= 15 is 0 Å². The second-order valence-electron chi connectivity index (χ2n) is 6.93. The number of nitrogens with zero attached hydrogens (tertiary/aromatic N) is 1. The maximum atomic E-state index is 13.7. The molecule has 1 aliphatic rings. The average molecular weight is 377 g/mol. The first kappa shape index (κ1) is 19.4. The van der Waals surface area contributed by atoms with Crippen molar-refractivity contribution < 1.29 is 23.1 Å². The molecule has 0 radical (unpaired) electrons. The third-order valence-electron chi connectivity index (χ3n) is 5.20. The monoisotopic (exact) mass is 377 g/mol. The van der Waals surface area contributed by atoms with Gasteiger partial charge in [0.2, 0.25) is 0 Å². The van der Waals surface area contributed by atoms with Gasteiger partial charge in [-0.2, -0.15) is 13.2 Å². The molecule has 27 heavy (non-hydrogen) atoms. The summed E-state index contributed by atoms with van der Waals surface area (Å²) < 4.78 is 41.1. The minimum atomic E-state index is -4.51. The Kier molecular flexibility index (Phi) is 5.56. The van der Waals surface area contributed by atoms with Crippen LogP contribution >= 0.6 is 0 Å². The van der Waals surface area contributed by atoms with E-state index in [4.69, 9.17) is 0 Å². The van der Waals surface area contributed by atoms with Crippen LogP contribution in [0, 0.1) is 6.92 Å². The summed E-state index contributed by atoms with van der Waals surface area (Å²) >= 11 is 0. The summed E-state index contributed by atoms with van der Waals surface area (Å²) in [5, 5.41) is 9.69. The largest absolute Gasteiger partial charge is 0.480 e. The molecule has 0 aliphatic carbocycles. The summed E-state index contributed by atoms with van der Waals surface area (Å²) in [5.74, 6) is -0.988. The summed E-state index contributed by atoms with van der Waals surface area (Å²) in [4.78, 5) is 13.6. The lowest BCUT2D eigenvalue weighted by molar-refractivity contribution is -0.145. The summed E-state index contributed by atoms with van der Waals surface area (Å²) in [6.07, 6.45) is -2.55. The lowest BCUT2D eigenvalue weighted by atomic mass is 9.87. The van der Waals surface area contributed by atoms with Crippen molar-refractivity contribution in [3.63, 3.8) is 0 Å². The number of aryl methyl sites for hydroxylation is 1. The molecule has 1 heterocycles. The number of piperidine rings is 1. The SMILES string of the molecule is Cc1ccccc1C(c1ccccc1C(F)(F)F)N1CCCCC1C(=O)O. The Bertz CT molecular complexity index is 819. The van der Waals surface area contributed by atoms with Gasteiger partial charge in [-0.05, 0) is 49.1 Å². The van der Waals surface area contributed by atoms with Crippen molar-refractivity contribution in [2.75, 3.05) is 6.54 Å². The van der Waals surface area contributed by atoms with Crippen molar-refractivity contribution in [1.82, 2.24) is 4.90 Å². The molecule has 0 saturated carbocycles. The van der Waals surface area contributed by atoms with E-state index in [-0.39, 0.29) is 5.56 Å². The number of aliphatic carboxylic acids is 1. The molecular formula is C21H22F3NO2. The van der Waals surface area contributed by atoms with Crippen LogP contribution in [-0.2, 0) is 11.0 Å². The van der Waals surface area contributed by atoms with Crippen LogP contribution in [0.3, 0.4) is 0 Å². The van der Waals surface area contributed by atoms with E-state index in [1.54, 1.807) is 23.1 Å². The molecule has 1 saturated heterocycles. The predicted octanol–water partition coefficient (Wildman–Crippen LogP) is 5.04. The van der Waals surface area contributed by atoms with Crippen molar-refractivity contribution >= 4 is 5.97 Å². The number of hydrogen-bond donors (Lipinski definition) is 1. The Morgan fingerprint density at radius 3 is 2.33 bits per heavy atom. The topological polar surface area (TPSA) is 40.5 Å². The minimum absolute atomic E-state index is 0.104. The van der Waals surface area contributed by atoms with E-state index in [1.807, 2.05) is 19.1 Å². The van der Waals surface area contributed by atoms with Gasteiger partial charge in [0.05, 0.1) is 11.6 Å². The zero-order valence-electron chi connectivity index (χ0n) is 15.0. The van der Waals surface area contributed by atoms with Crippen LogP contribution in [0.2, 0.25) is 0 Å². The highest BCUT2D eigenvalue weighted by atomic mass is 19.4. The highest BCUT2D eigenvalue weighted by Gasteiger charge is 2.40. The summed E-state index contributed by atoms with van der Waals surface area (Å²) in [5.41, 5.74) is 0.942. The number of alkyl halides is 3. The zero-order valence-corrected chi connectivity index (χ0v) is 15.0. The molecule has 0 bridgehead atoms. The fraction of sp³-hybridized carbons (Fsp3) is 0.381. The van der Waals surface area contributed by atoms with Crippen molar-refractivity contribution in [2.24, 2.45) is 0 Å². The number of halogens is 3. The molecule has 3 nitrogen and oxygen atoms in total. The van der Waals surface area contributed by atoms with Gasteiger partial charge in [0.15, 0.2) is 0 Å². The van der Waals surface area contributed by atoms with Gasteiger partial charge in [-0.3, -0.25) is 9.69 Å². The van der Waals surface area contributed by atoms with E-state index in [0.29, 0.717) is 18.5 Å². The molecule has 1 fully saturated rings. The smallest absolute Gasteiger partial charge is 0.416 e. The number of carboxylic acids is 1. The highest BCUT2D eigenvalue weighted by Crippen LogP contribution is 2.41. The second kappa shape index (κ2) is 7.72. The van der Waals surface area contributed by atoms with Crippen LogP contribution in [-0.4, -0.2) is 28.6 Å². The quantitative estimate of drug-likeness (QED) is 0.811. The lowest BCUT2D eigenvalue weighted by Crippen LogP contribution is -2.47. The maximum Gasteiger partial charge on any atom is 0.416 e. The number of hydrogen-bond acceptors (Lipinski definition) is 2. The molecule has 1 aliphatic heterocycles. The molecule has 0 amide bonds. The van der Waals surface area contributed by atoms with Gasteiger partial charge >= 0.3 is 12.1 Å². The first-order valence-corrected chi connectivity index (χ1v) is 9.01. The van der Waals surface area contributed by atoms with E-state index in [9.17, 15) is 23.1 Å². The Balaban J connectivity index is 2.21. The Hall–Kier alpha value is -2.34. The third kappa shape index (κ3) is 4.00. The Labute approximate surface area is 156 Å². The fourth-order valence-corrected chi connectivity index (χ4v) is 3.94. The Morgan fingerprint density at radius 2 is 1.70 bits per heavy atom. The van der Waals surface area contributed by atoms with Crippen molar-refractivity contribution in [2.45, 2.75) is 44.4 Å². The van der Waals surface area contributed by atoms with Gasteiger partial charge in [-0.25, -0.2) is 0 Å². The van der Waals surface area contributed by atoms with Gasteiger partial charge in [-0.15, -0.1) is 0 Å². The lowest BCUT2D eigenvalue weighted by Gasteiger charge is -2.40. The Morgan fingerprint density at radius 1 is 1.07 bits per heavy atom. The van der Waals surface area contributed by atoms with Crippen LogP contribution in [0.4, 0.5) is 13.2 Å². The molecular weight excluding hydrogens is 355 g/mol. The van der Waals surface area contributed by atoms with E-state index in [1.165, 1.54) is 12.1 Å². The van der Waals surface area contributed by atoms with Crippen LogP contribution in [0.1, 0.15) is 47.6 Å².